The van der Waals surface area contributed by atoms with Gasteiger partial charge in [0.25, 0.3) is 0 Å². The van der Waals surface area contributed by atoms with E-state index in [1.165, 1.54) is 13.1 Å². The summed E-state index contributed by atoms with van der Waals surface area (Å²) in [6, 6.07) is 4.91. The highest BCUT2D eigenvalue weighted by atomic mass is 32.2. The molecule has 0 radical (unpaired) electrons. The highest BCUT2D eigenvalue weighted by Crippen LogP contribution is 2.20. The Morgan fingerprint density at radius 3 is 2.57 bits per heavy atom. The van der Waals surface area contributed by atoms with Crippen molar-refractivity contribution in [3.63, 3.8) is 0 Å². The molecule has 0 aromatic heterocycles. The van der Waals surface area contributed by atoms with E-state index in [9.17, 15) is 13.2 Å². The molecule has 0 saturated carbocycles. The number of anilines is 1. The first-order chi connectivity index (χ1) is 9.80. The van der Waals surface area contributed by atoms with Gasteiger partial charge in [-0.15, -0.1) is 0 Å². The molecule has 0 fully saturated rings. The Labute approximate surface area is 126 Å². The van der Waals surface area contributed by atoms with Crippen molar-refractivity contribution in [3.05, 3.63) is 23.8 Å². The van der Waals surface area contributed by atoms with Crippen LogP contribution in [0.4, 0.5) is 5.69 Å². The largest absolute Gasteiger partial charge is 0.326 e. The van der Waals surface area contributed by atoms with Crippen LogP contribution in [0.1, 0.15) is 25.8 Å². The fourth-order valence-electron chi connectivity index (χ4n) is 1.99. The van der Waals surface area contributed by atoms with Gasteiger partial charge in [0.15, 0.2) is 0 Å². The molecular weight excluding hydrogens is 290 g/mol. The lowest BCUT2D eigenvalue weighted by atomic mass is 10.2. The maximum absolute atomic E-state index is 11.9. The van der Waals surface area contributed by atoms with Crippen molar-refractivity contribution in [2.24, 2.45) is 0 Å². The van der Waals surface area contributed by atoms with E-state index in [1.54, 1.807) is 19.1 Å². The van der Waals surface area contributed by atoms with E-state index in [4.69, 9.17) is 0 Å². The molecule has 0 aliphatic rings. The summed E-state index contributed by atoms with van der Waals surface area (Å²) < 4.78 is 26.1. The third kappa shape index (κ3) is 5.11. The minimum absolute atomic E-state index is 0.0703. The summed E-state index contributed by atoms with van der Waals surface area (Å²) in [5.74, 6) is -0.153. The van der Waals surface area contributed by atoms with Crippen LogP contribution in [-0.4, -0.2) is 34.0 Å². The fourth-order valence-corrected chi connectivity index (χ4v) is 2.98. The molecule has 21 heavy (non-hydrogen) atoms. The second-order valence-electron chi connectivity index (χ2n) is 4.90. The van der Waals surface area contributed by atoms with Gasteiger partial charge in [0.05, 0.1) is 4.90 Å². The summed E-state index contributed by atoms with van der Waals surface area (Å²) in [4.78, 5) is 12.1. The smallest absolute Gasteiger partial charge is 0.240 e. The number of carbonyl (C=O) groups excluding carboxylic acids is 1. The van der Waals surface area contributed by atoms with E-state index >= 15 is 0 Å². The maximum Gasteiger partial charge on any atom is 0.240 e. The summed E-state index contributed by atoms with van der Waals surface area (Å²) in [5, 5.41) is 5.87. The molecule has 0 aliphatic carbocycles. The molecule has 1 aromatic rings. The molecule has 118 valence electrons. The van der Waals surface area contributed by atoms with Gasteiger partial charge in [0.1, 0.15) is 0 Å². The van der Waals surface area contributed by atoms with Crippen LogP contribution in [-0.2, 0) is 14.8 Å². The standard InChI is InChI=1S/C14H23N3O3S/c1-5-16-11(3)8-14(18)17-12-7-6-10(2)13(9-12)21(19,20)15-4/h6-7,9,11,15-16H,5,8H2,1-4H3,(H,17,18). The van der Waals surface area contributed by atoms with Crippen molar-refractivity contribution in [2.75, 3.05) is 18.9 Å². The topological polar surface area (TPSA) is 87.3 Å². The van der Waals surface area contributed by atoms with Crippen molar-refractivity contribution in [1.82, 2.24) is 10.0 Å². The highest BCUT2D eigenvalue weighted by molar-refractivity contribution is 7.89. The third-order valence-electron chi connectivity index (χ3n) is 3.07. The first-order valence-electron chi connectivity index (χ1n) is 6.87. The molecule has 1 amide bonds. The molecule has 1 aromatic carbocycles. The highest BCUT2D eigenvalue weighted by Gasteiger charge is 2.16. The van der Waals surface area contributed by atoms with Crippen molar-refractivity contribution in [3.8, 4) is 0 Å². The summed E-state index contributed by atoms with van der Waals surface area (Å²) in [5.41, 5.74) is 1.10. The molecule has 1 atom stereocenters. The van der Waals surface area contributed by atoms with Gasteiger partial charge in [-0.05, 0) is 45.1 Å². The summed E-state index contributed by atoms with van der Waals surface area (Å²) in [6.45, 7) is 6.41. The number of nitrogens with one attached hydrogen (secondary N) is 3. The predicted octanol–water partition coefficient (Wildman–Crippen LogP) is 1.23. The summed E-state index contributed by atoms with van der Waals surface area (Å²) >= 11 is 0. The molecule has 0 bridgehead atoms. The zero-order valence-corrected chi connectivity index (χ0v) is 13.7. The van der Waals surface area contributed by atoms with E-state index in [2.05, 4.69) is 15.4 Å². The van der Waals surface area contributed by atoms with Crippen LogP contribution in [0.25, 0.3) is 0 Å². The average molecular weight is 313 g/mol. The second-order valence-corrected chi connectivity index (χ2v) is 6.75. The number of amides is 1. The molecule has 6 nitrogen and oxygen atoms in total. The van der Waals surface area contributed by atoms with Crippen LogP contribution in [0.5, 0.6) is 0 Å². The van der Waals surface area contributed by atoms with Crippen LogP contribution >= 0.6 is 0 Å². The minimum Gasteiger partial charge on any atom is -0.326 e. The second kappa shape index (κ2) is 7.53. The first kappa shape index (κ1) is 17.6. The lowest BCUT2D eigenvalue weighted by Gasteiger charge is -2.13. The summed E-state index contributed by atoms with van der Waals surface area (Å²) in [7, 11) is -2.17. The van der Waals surface area contributed by atoms with Gasteiger partial charge in [0, 0.05) is 18.2 Å². The van der Waals surface area contributed by atoms with Crippen molar-refractivity contribution < 1.29 is 13.2 Å². The van der Waals surface area contributed by atoms with E-state index in [1.807, 2.05) is 13.8 Å². The number of benzene rings is 1. The third-order valence-corrected chi connectivity index (χ3v) is 4.63. The van der Waals surface area contributed by atoms with Crippen LogP contribution < -0.4 is 15.4 Å². The SMILES string of the molecule is CCNC(C)CC(=O)Nc1ccc(C)c(S(=O)(=O)NC)c1. The lowest BCUT2D eigenvalue weighted by Crippen LogP contribution is -2.30. The number of aryl methyl sites for hydroxylation is 1. The van der Waals surface area contributed by atoms with E-state index in [0.717, 1.165) is 6.54 Å². The number of hydrogen-bond acceptors (Lipinski definition) is 4. The lowest BCUT2D eigenvalue weighted by molar-refractivity contribution is -0.116. The molecular formula is C14H23N3O3S. The van der Waals surface area contributed by atoms with E-state index < -0.39 is 10.0 Å². The fraction of sp³-hybridized carbons (Fsp3) is 0.500. The van der Waals surface area contributed by atoms with Crippen molar-refractivity contribution in [1.29, 1.82) is 0 Å². The Hall–Kier alpha value is -1.44. The molecule has 0 heterocycles. The average Bonchev–Trinajstić information content (AvgIpc) is 2.40. The Kier molecular flexibility index (Phi) is 6.32. The Balaban J connectivity index is 2.86. The molecule has 1 unspecified atom stereocenters. The molecule has 0 spiro atoms. The molecule has 0 saturated heterocycles. The number of hydrogen-bond donors (Lipinski definition) is 3. The van der Waals surface area contributed by atoms with Crippen LogP contribution in [0.2, 0.25) is 0 Å². The van der Waals surface area contributed by atoms with Crippen LogP contribution in [0.15, 0.2) is 23.1 Å². The first-order valence-corrected chi connectivity index (χ1v) is 8.36. The van der Waals surface area contributed by atoms with Gasteiger partial charge in [-0.2, -0.15) is 0 Å². The normalized spacial score (nSPS) is 13.0. The number of sulfonamides is 1. The van der Waals surface area contributed by atoms with Crippen molar-refractivity contribution in [2.45, 2.75) is 38.1 Å². The maximum atomic E-state index is 11.9. The molecule has 0 aliphatic heterocycles. The van der Waals surface area contributed by atoms with E-state index in [0.29, 0.717) is 17.7 Å². The molecule has 7 heteroatoms. The van der Waals surface area contributed by atoms with Crippen LogP contribution in [0.3, 0.4) is 0 Å². The zero-order valence-electron chi connectivity index (χ0n) is 12.9. The zero-order chi connectivity index (χ0) is 16.0. The predicted molar refractivity (Wildman–Crippen MR) is 83.8 cm³/mol. The van der Waals surface area contributed by atoms with Gasteiger partial charge in [0.2, 0.25) is 15.9 Å². The van der Waals surface area contributed by atoms with Gasteiger partial charge in [-0.1, -0.05) is 13.0 Å². The molecule has 3 N–H and O–H groups in total. The summed E-state index contributed by atoms with van der Waals surface area (Å²) in [6.07, 6.45) is 0.329. The van der Waals surface area contributed by atoms with Gasteiger partial charge in [-0.25, -0.2) is 13.1 Å². The van der Waals surface area contributed by atoms with E-state index in [-0.39, 0.29) is 16.8 Å². The quantitative estimate of drug-likeness (QED) is 0.706. The van der Waals surface area contributed by atoms with Crippen LogP contribution in [0, 0.1) is 6.92 Å². The van der Waals surface area contributed by atoms with Gasteiger partial charge in [-0.3, -0.25) is 4.79 Å². The number of carbonyl (C=O) groups is 1. The minimum atomic E-state index is -3.53. The Morgan fingerprint density at radius 1 is 1.33 bits per heavy atom. The van der Waals surface area contributed by atoms with Crippen molar-refractivity contribution >= 4 is 21.6 Å². The molecule has 1 rings (SSSR count). The monoisotopic (exact) mass is 313 g/mol. The number of rotatable bonds is 7. The van der Waals surface area contributed by atoms with Gasteiger partial charge >= 0.3 is 0 Å². The Morgan fingerprint density at radius 2 is 2.00 bits per heavy atom. The van der Waals surface area contributed by atoms with Gasteiger partial charge < -0.3 is 10.6 Å². The Bertz CT molecular complexity index is 599.